The van der Waals surface area contributed by atoms with Gasteiger partial charge in [-0.05, 0) is 43.2 Å². The zero-order valence-corrected chi connectivity index (χ0v) is 14.2. The van der Waals surface area contributed by atoms with E-state index < -0.39 is 0 Å². The first-order valence-electron chi connectivity index (χ1n) is 7.46. The van der Waals surface area contributed by atoms with Gasteiger partial charge in [0, 0.05) is 10.7 Å². The second-order valence-electron chi connectivity index (χ2n) is 5.78. The van der Waals surface area contributed by atoms with E-state index in [2.05, 4.69) is 5.32 Å². The molecule has 23 heavy (non-hydrogen) atoms. The van der Waals surface area contributed by atoms with Crippen LogP contribution in [0.3, 0.4) is 0 Å². The number of fused-ring (bicyclic) bond motifs is 1. The fourth-order valence-electron chi connectivity index (χ4n) is 2.83. The molecule has 2 aromatic carbocycles. The first kappa shape index (κ1) is 15.6. The summed E-state index contributed by atoms with van der Waals surface area (Å²) in [6.45, 7) is 4.24. The summed E-state index contributed by atoms with van der Waals surface area (Å²) in [5.74, 6) is -0.0505. The van der Waals surface area contributed by atoms with Gasteiger partial charge < -0.3 is 5.32 Å². The lowest BCUT2D eigenvalue weighted by Crippen LogP contribution is -2.40. The van der Waals surface area contributed by atoms with E-state index in [9.17, 15) is 4.79 Å². The molecule has 5 heteroatoms. The van der Waals surface area contributed by atoms with Crippen LogP contribution in [0.1, 0.15) is 11.1 Å². The van der Waals surface area contributed by atoms with Crippen molar-refractivity contribution in [1.82, 2.24) is 4.68 Å². The Morgan fingerprint density at radius 1 is 1.22 bits per heavy atom. The number of halogens is 1. The highest BCUT2D eigenvalue weighted by Gasteiger charge is 2.16. The molecule has 0 bridgehead atoms. The van der Waals surface area contributed by atoms with Crippen molar-refractivity contribution in [2.75, 3.05) is 5.32 Å². The molecular weight excluding hydrogens is 310 g/mol. The maximum atomic E-state index is 12.5. The van der Waals surface area contributed by atoms with Gasteiger partial charge in [0.25, 0.3) is 0 Å². The molecule has 1 amide bonds. The highest BCUT2D eigenvalue weighted by atomic mass is 35.5. The van der Waals surface area contributed by atoms with Crippen LogP contribution in [-0.4, -0.2) is 10.6 Å². The number of hydrogen-bond acceptors (Lipinski definition) is 1. The Bertz CT molecular complexity index is 878. The fourth-order valence-corrected chi connectivity index (χ4v) is 3.01. The summed E-state index contributed by atoms with van der Waals surface area (Å²) in [4.78, 5) is 12.5. The molecule has 0 fully saturated rings. The monoisotopic (exact) mass is 328 g/mol. The number of para-hydroxylation sites is 1. The van der Waals surface area contributed by atoms with Crippen molar-refractivity contribution in [2.45, 2.75) is 20.4 Å². The molecule has 118 valence electrons. The van der Waals surface area contributed by atoms with Crippen LogP contribution in [0.15, 0.2) is 42.6 Å². The molecule has 3 rings (SSSR count). The molecular formula is C18H19ClN3O+. The topological polar surface area (TPSA) is 37.9 Å². The maximum Gasteiger partial charge on any atom is 0.250 e. The average Bonchev–Trinajstić information content (AvgIpc) is 2.78. The first-order chi connectivity index (χ1) is 11.0. The predicted octanol–water partition coefficient (Wildman–Crippen LogP) is 3.37. The second-order valence-corrected chi connectivity index (χ2v) is 6.21. The molecule has 1 N–H and O–H groups in total. The fraction of sp³-hybridized carbons (Fsp3) is 0.222. The van der Waals surface area contributed by atoms with Gasteiger partial charge in [-0.1, -0.05) is 29.8 Å². The van der Waals surface area contributed by atoms with Gasteiger partial charge in [-0.2, -0.15) is 0 Å². The van der Waals surface area contributed by atoms with E-state index in [0.29, 0.717) is 5.02 Å². The summed E-state index contributed by atoms with van der Waals surface area (Å²) in [5, 5.41) is 4.72. The van der Waals surface area contributed by atoms with Crippen molar-refractivity contribution in [2.24, 2.45) is 7.05 Å². The number of amides is 1. The van der Waals surface area contributed by atoms with Crippen molar-refractivity contribution >= 4 is 34.1 Å². The molecule has 0 aliphatic rings. The van der Waals surface area contributed by atoms with Gasteiger partial charge in [0.2, 0.25) is 12.1 Å². The van der Waals surface area contributed by atoms with Crippen LogP contribution >= 0.6 is 11.6 Å². The lowest BCUT2D eigenvalue weighted by Gasteiger charge is -2.11. The normalized spacial score (nSPS) is 11.0. The Morgan fingerprint density at radius 3 is 2.61 bits per heavy atom. The summed E-state index contributed by atoms with van der Waals surface area (Å²) >= 11 is 6.03. The summed E-state index contributed by atoms with van der Waals surface area (Å²) in [7, 11) is 1.92. The van der Waals surface area contributed by atoms with Crippen LogP contribution in [0, 0.1) is 13.8 Å². The molecule has 0 atom stereocenters. The van der Waals surface area contributed by atoms with Gasteiger partial charge in [0.15, 0.2) is 13.6 Å². The van der Waals surface area contributed by atoms with Crippen LogP contribution in [-0.2, 0) is 18.4 Å². The molecule has 0 radical (unpaired) electrons. The van der Waals surface area contributed by atoms with E-state index in [1.54, 1.807) is 0 Å². The zero-order chi connectivity index (χ0) is 16.6. The largest absolute Gasteiger partial charge is 0.324 e. The third kappa shape index (κ3) is 3.08. The molecule has 0 saturated carbocycles. The van der Waals surface area contributed by atoms with Crippen LogP contribution in [0.5, 0.6) is 0 Å². The van der Waals surface area contributed by atoms with E-state index in [-0.39, 0.29) is 12.5 Å². The van der Waals surface area contributed by atoms with Crippen molar-refractivity contribution < 1.29 is 9.48 Å². The number of hydrogen-bond donors (Lipinski definition) is 1. The first-order valence-corrected chi connectivity index (χ1v) is 7.84. The Kier molecular flexibility index (Phi) is 4.09. The summed E-state index contributed by atoms with van der Waals surface area (Å²) in [5.41, 5.74) is 3.99. The Balaban J connectivity index is 1.87. The highest BCUT2D eigenvalue weighted by molar-refractivity contribution is 6.31. The van der Waals surface area contributed by atoms with E-state index in [0.717, 1.165) is 27.7 Å². The molecule has 1 aromatic heterocycles. The van der Waals surface area contributed by atoms with E-state index in [1.165, 1.54) is 0 Å². The smallest absolute Gasteiger partial charge is 0.250 e. The standard InChI is InChI=1S/C18H18ClN3O/c1-12-5-4-6-13(2)18(12)20-17(23)11-22-16-8-7-15(19)9-14(16)10-21(22)3/h4-10H,11H2,1-3H3/p+1. The van der Waals surface area contributed by atoms with E-state index >= 15 is 0 Å². The van der Waals surface area contributed by atoms with Gasteiger partial charge in [-0.25, -0.2) is 0 Å². The average molecular weight is 329 g/mol. The number of aromatic nitrogens is 2. The Hall–Kier alpha value is -2.33. The van der Waals surface area contributed by atoms with Gasteiger partial charge in [-0.15, -0.1) is 9.36 Å². The highest BCUT2D eigenvalue weighted by Crippen LogP contribution is 2.20. The number of rotatable bonds is 3. The maximum absolute atomic E-state index is 12.5. The molecule has 3 aromatic rings. The lowest BCUT2D eigenvalue weighted by molar-refractivity contribution is -0.749. The molecule has 0 saturated heterocycles. The molecule has 4 nitrogen and oxygen atoms in total. The Labute approximate surface area is 140 Å². The second kappa shape index (κ2) is 6.05. The number of aryl methyl sites for hydroxylation is 3. The molecule has 0 aliphatic heterocycles. The third-order valence-electron chi connectivity index (χ3n) is 4.01. The van der Waals surface area contributed by atoms with Crippen molar-refractivity contribution in [3.8, 4) is 0 Å². The van der Waals surface area contributed by atoms with Crippen LogP contribution in [0.4, 0.5) is 5.69 Å². The van der Waals surface area contributed by atoms with Gasteiger partial charge in [-0.3, -0.25) is 4.79 Å². The van der Waals surface area contributed by atoms with Crippen LogP contribution in [0.25, 0.3) is 10.9 Å². The molecule has 0 spiro atoms. The number of benzene rings is 2. The zero-order valence-electron chi connectivity index (χ0n) is 13.4. The molecule has 0 unspecified atom stereocenters. The minimum atomic E-state index is -0.0505. The quantitative estimate of drug-likeness (QED) is 0.735. The number of nitrogens with zero attached hydrogens (tertiary/aromatic N) is 2. The molecule has 0 aliphatic carbocycles. The van der Waals surface area contributed by atoms with E-state index in [1.807, 2.05) is 72.9 Å². The summed E-state index contributed by atoms with van der Waals surface area (Å²) in [6.07, 6.45) is 1.97. The van der Waals surface area contributed by atoms with Crippen molar-refractivity contribution in [3.05, 3.63) is 58.7 Å². The number of anilines is 1. The van der Waals surface area contributed by atoms with Crippen molar-refractivity contribution in [3.63, 3.8) is 0 Å². The van der Waals surface area contributed by atoms with Gasteiger partial charge >= 0.3 is 0 Å². The van der Waals surface area contributed by atoms with Gasteiger partial charge in [0.05, 0.1) is 5.39 Å². The van der Waals surface area contributed by atoms with Gasteiger partial charge in [0.1, 0.15) is 5.52 Å². The molecule has 1 heterocycles. The minimum Gasteiger partial charge on any atom is -0.324 e. The van der Waals surface area contributed by atoms with Crippen LogP contribution in [0.2, 0.25) is 5.02 Å². The number of carbonyl (C=O) groups is 1. The lowest BCUT2D eigenvalue weighted by atomic mass is 10.1. The number of carbonyl (C=O) groups excluding carboxylic acids is 1. The van der Waals surface area contributed by atoms with E-state index in [4.69, 9.17) is 11.6 Å². The SMILES string of the molecule is Cc1cccc(C)c1NC(=O)Cn1c2ccc(Cl)cc2c[n+]1C. The Morgan fingerprint density at radius 2 is 1.91 bits per heavy atom. The predicted molar refractivity (Wildman–Crippen MR) is 92.7 cm³/mol. The minimum absolute atomic E-state index is 0.0505. The summed E-state index contributed by atoms with van der Waals surface area (Å²) < 4.78 is 3.83. The van der Waals surface area contributed by atoms with Crippen LogP contribution < -0.4 is 10.00 Å². The summed E-state index contributed by atoms with van der Waals surface area (Å²) in [6, 6.07) is 11.7. The number of nitrogens with one attached hydrogen (secondary N) is 1. The van der Waals surface area contributed by atoms with Crippen molar-refractivity contribution in [1.29, 1.82) is 0 Å². The third-order valence-corrected chi connectivity index (χ3v) is 4.25.